The number of anilines is 1. The lowest BCUT2D eigenvalue weighted by Crippen LogP contribution is -2.03. The van der Waals surface area contributed by atoms with Gasteiger partial charge in [0, 0.05) is 28.3 Å². The summed E-state index contributed by atoms with van der Waals surface area (Å²) in [6.07, 6.45) is 5.32. The summed E-state index contributed by atoms with van der Waals surface area (Å²) >= 11 is 17.3. The average Bonchev–Trinajstić information content (AvgIpc) is 3.07. The van der Waals surface area contributed by atoms with E-state index >= 15 is 0 Å². The smallest absolute Gasteiger partial charge is 0.107 e. The lowest BCUT2D eigenvalue weighted by atomic mass is 10.2. The second-order valence-electron chi connectivity index (χ2n) is 4.29. The van der Waals surface area contributed by atoms with E-state index in [1.807, 2.05) is 35.0 Å². The van der Waals surface area contributed by atoms with Crippen LogP contribution >= 0.6 is 50.5 Å². The summed E-state index contributed by atoms with van der Waals surface area (Å²) < 4.78 is 3.57. The minimum Gasteiger partial charge on any atom is -0.378 e. The Balaban J connectivity index is 1.87. The molecule has 0 aliphatic carbocycles. The van der Waals surface area contributed by atoms with Crippen LogP contribution in [0.3, 0.4) is 0 Å². The molecular weight excluding hydrogens is 393 g/mol. The van der Waals surface area contributed by atoms with E-state index in [2.05, 4.69) is 26.2 Å². The monoisotopic (exact) mass is 401 g/mol. The van der Waals surface area contributed by atoms with Crippen LogP contribution in [0.4, 0.5) is 5.69 Å². The third-order valence-corrected chi connectivity index (χ3v) is 5.68. The van der Waals surface area contributed by atoms with Crippen molar-refractivity contribution in [3.8, 4) is 5.69 Å². The molecule has 2 heterocycles. The Morgan fingerprint density at radius 3 is 2.86 bits per heavy atom. The second-order valence-corrected chi connectivity index (χ2v) is 7.29. The van der Waals surface area contributed by atoms with Gasteiger partial charge in [-0.2, -0.15) is 0 Å². The quantitative estimate of drug-likeness (QED) is 0.614. The van der Waals surface area contributed by atoms with Crippen LogP contribution < -0.4 is 5.32 Å². The Labute approximate surface area is 144 Å². The predicted octanol–water partition coefficient (Wildman–Crippen LogP) is 5.62. The fourth-order valence-corrected chi connectivity index (χ4v) is 3.98. The SMILES string of the molecule is Clc1cccc(NCc2cc(Br)c(Cl)s2)c1-n1ccnc1. The molecule has 0 amide bonds. The minimum absolute atomic E-state index is 0.670. The van der Waals surface area contributed by atoms with Crippen LogP contribution in [-0.2, 0) is 6.54 Å². The van der Waals surface area contributed by atoms with Gasteiger partial charge in [-0.3, -0.25) is 0 Å². The van der Waals surface area contributed by atoms with Crippen LogP contribution in [0.15, 0.2) is 47.5 Å². The lowest BCUT2D eigenvalue weighted by Gasteiger charge is -2.13. The molecule has 0 aliphatic rings. The number of nitrogens with zero attached hydrogens (tertiary/aromatic N) is 2. The third kappa shape index (κ3) is 3.26. The van der Waals surface area contributed by atoms with E-state index in [0.717, 1.165) is 25.1 Å². The van der Waals surface area contributed by atoms with Gasteiger partial charge >= 0.3 is 0 Å². The first-order valence-electron chi connectivity index (χ1n) is 6.09. The zero-order valence-corrected chi connectivity index (χ0v) is 14.6. The molecule has 0 saturated carbocycles. The normalized spacial score (nSPS) is 10.8. The first-order chi connectivity index (χ1) is 10.1. The summed E-state index contributed by atoms with van der Waals surface area (Å²) in [4.78, 5) is 5.21. The average molecular weight is 403 g/mol. The highest BCUT2D eigenvalue weighted by Gasteiger charge is 2.10. The molecule has 7 heteroatoms. The number of nitrogens with one attached hydrogen (secondary N) is 1. The molecule has 2 aromatic heterocycles. The van der Waals surface area contributed by atoms with E-state index in [1.54, 1.807) is 23.9 Å². The molecule has 108 valence electrons. The summed E-state index contributed by atoms with van der Waals surface area (Å²) in [5.74, 6) is 0. The van der Waals surface area contributed by atoms with Gasteiger partial charge in [-0.15, -0.1) is 11.3 Å². The predicted molar refractivity (Wildman–Crippen MR) is 92.9 cm³/mol. The fraction of sp³-hybridized carbons (Fsp3) is 0.0714. The van der Waals surface area contributed by atoms with Gasteiger partial charge in [0.05, 0.1) is 22.7 Å². The van der Waals surface area contributed by atoms with Gasteiger partial charge in [0.1, 0.15) is 4.34 Å². The first kappa shape index (κ1) is 14.9. The molecule has 21 heavy (non-hydrogen) atoms. The van der Waals surface area contributed by atoms with Crippen molar-refractivity contribution in [3.05, 3.63) is 61.7 Å². The van der Waals surface area contributed by atoms with Gasteiger partial charge in [0.2, 0.25) is 0 Å². The Morgan fingerprint density at radius 2 is 2.19 bits per heavy atom. The van der Waals surface area contributed by atoms with Crippen molar-refractivity contribution in [2.45, 2.75) is 6.54 Å². The summed E-state index contributed by atoms with van der Waals surface area (Å²) in [6, 6.07) is 7.79. The van der Waals surface area contributed by atoms with Crippen LogP contribution in [-0.4, -0.2) is 9.55 Å². The van der Waals surface area contributed by atoms with Crippen LogP contribution in [0.1, 0.15) is 4.88 Å². The van der Waals surface area contributed by atoms with Gasteiger partial charge < -0.3 is 9.88 Å². The van der Waals surface area contributed by atoms with E-state index in [9.17, 15) is 0 Å². The number of hydrogen-bond acceptors (Lipinski definition) is 3. The lowest BCUT2D eigenvalue weighted by molar-refractivity contribution is 1.05. The zero-order valence-electron chi connectivity index (χ0n) is 10.7. The maximum absolute atomic E-state index is 6.32. The van der Waals surface area contributed by atoms with Crippen LogP contribution in [0, 0.1) is 0 Å². The maximum atomic E-state index is 6.32. The number of para-hydroxylation sites is 1. The number of halogens is 3. The van der Waals surface area contributed by atoms with Crippen LogP contribution in [0.25, 0.3) is 5.69 Å². The number of hydrogen-bond donors (Lipinski definition) is 1. The van der Waals surface area contributed by atoms with Crippen molar-refractivity contribution in [1.82, 2.24) is 9.55 Å². The maximum Gasteiger partial charge on any atom is 0.107 e. The number of thiophene rings is 1. The van der Waals surface area contributed by atoms with E-state index in [0.29, 0.717) is 11.6 Å². The summed E-state index contributed by atoms with van der Waals surface area (Å²) in [5, 5.41) is 4.07. The summed E-state index contributed by atoms with van der Waals surface area (Å²) in [7, 11) is 0. The highest BCUT2D eigenvalue weighted by Crippen LogP contribution is 2.33. The molecule has 0 aliphatic heterocycles. The van der Waals surface area contributed by atoms with Crippen molar-refractivity contribution >= 4 is 56.2 Å². The molecule has 0 bridgehead atoms. The second kappa shape index (κ2) is 6.40. The van der Waals surface area contributed by atoms with Crippen molar-refractivity contribution in [2.24, 2.45) is 0 Å². The number of benzene rings is 1. The van der Waals surface area contributed by atoms with E-state index in [1.165, 1.54) is 0 Å². The zero-order chi connectivity index (χ0) is 14.8. The van der Waals surface area contributed by atoms with Crippen LogP contribution in [0.2, 0.25) is 9.36 Å². The summed E-state index contributed by atoms with van der Waals surface area (Å²) in [6.45, 7) is 0.679. The van der Waals surface area contributed by atoms with Crippen molar-refractivity contribution in [3.63, 3.8) is 0 Å². The molecule has 0 unspecified atom stereocenters. The molecular formula is C14H10BrCl2N3S. The topological polar surface area (TPSA) is 29.9 Å². The molecule has 0 fully saturated rings. The number of rotatable bonds is 4. The highest BCUT2D eigenvalue weighted by atomic mass is 79.9. The molecule has 0 atom stereocenters. The Hall–Kier alpha value is -1.01. The molecule has 1 N–H and O–H groups in total. The van der Waals surface area contributed by atoms with Gasteiger partial charge in [-0.25, -0.2) is 4.98 Å². The van der Waals surface area contributed by atoms with Crippen LogP contribution in [0.5, 0.6) is 0 Å². The Morgan fingerprint density at radius 1 is 1.33 bits per heavy atom. The standard InChI is InChI=1S/C14H10BrCl2N3S/c15-10-6-9(21-14(10)17)7-19-12-3-1-2-11(16)13(12)20-5-4-18-8-20/h1-6,8,19H,7H2. The molecule has 3 rings (SSSR count). The van der Waals surface area contributed by atoms with Gasteiger partial charge in [0.15, 0.2) is 0 Å². The van der Waals surface area contributed by atoms with E-state index < -0.39 is 0 Å². The highest BCUT2D eigenvalue weighted by molar-refractivity contribution is 9.10. The van der Waals surface area contributed by atoms with Crippen molar-refractivity contribution in [2.75, 3.05) is 5.32 Å². The Bertz CT molecular complexity index is 736. The first-order valence-corrected chi connectivity index (χ1v) is 8.46. The van der Waals surface area contributed by atoms with Crippen molar-refractivity contribution in [1.29, 1.82) is 0 Å². The molecule has 0 spiro atoms. The molecule has 3 aromatic rings. The van der Waals surface area contributed by atoms with Gasteiger partial charge in [-0.05, 0) is 34.1 Å². The van der Waals surface area contributed by atoms with Gasteiger partial charge in [0.25, 0.3) is 0 Å². The Kier molecular flexibility index (Phi) is 4.54. The minimum atomic E-state index is 0.670. The van der Waals surface area contributed by atoms with E-state index in [4.69, 9.17) is 23.2 Å². The molecule has 0 radical (unpaired) electrons. The fourth-order valence-electron chi connectivity index (χ4n) is 1.97. The molecule has 1 aromatic carbocycles. The largest absolute Gasteiger partial charge is 0.378 e. The molecule has 0 saturated heterocycles. The summed E-state index contributed by atoms with van der Waals surface area (Å²) in [5.41, 5.74) is 1.83. The number of aromatic nitrogens is 2. The number of imidazole rings is 1. The third-order valence-electron chi connectivity index (χ3n) is 2.90. The van der Waals surface area contributed by atoms with E-state index in [-0.39, 0.29) is 0 Å². The van der Waals surface area contributed by atoms with Crippen molar-refractivity contribution < 1.29 is 0 Å². The molecule has 3 nitrogen and oxygen atoms in total. The van der Waals surface area contributed by atoms with Gasteiger partial charge in [-0.1, -0.05) is 29.3 Å².